The van der Waals surface area contributed by atoms with Crippen molar-refractivity contribution in [3.8, 4) is 0 Å². The fraction of sp³-hybridized carbons (Fsp3) is 0.789. The average Bonchev–Trinajstić information content (AvgIpc) is 3.10. The minimum absolute atomic E-state index is 0.344. The highest BCUT2D eigenvalue weighted by atomic mass is 16.7. The number of aromatic nitrogens is 2. The standard InChI is InChI=1S/C19H30N4O2/c1-3-16-6-4-5-9-23(16)17-14-15(2)20-18(21-17)22-10-7-19(8-11-22)24-12-13-25-19/h14,16H,3-13H2,1-2H3. The zero-order valence-electron chi connectivity index (χ0n) is 15.5. The largest absolute Gasteiger partial charge is 0.353 e. The maximum absolute atomic E-state index is 5.84. The number of rotatable bonds is 3. The lowest BCUT2D eigenvalue weighted by Crippen LogP contribution is -2.46. The number of anilines is 2. The molecule has 0 radical (unpaired) electrons. The fourth-order valence-electron chi connectivity index (χ4n) is 4.38. The molecule has 0 aliphatic carbocycles. The van der Waals surface area contributed by atoms with Crippen molar-refractivity contribution in [1.29, 1.82) is 0 Å². The summed E-state index contributed by atoms with van der Waals surface area (Å²) in [6.07, 6.45) is 6.83. The number of hydrogen-bond donors (Lipinski definition) is 0. The predicted octanol–water partition coefficient (Wildman–Crippen LogP) is 2.90. The van der Waals surface area contributed by atoms with E-state index in [4.69, 9.17) is 19.4 Å². The molecule has 3 saturated heterocycles. The zero-order chi connectivity index (χ0) is 17.3. The van der Waals surface area contributed by atoms with Gasteiger partial charge in [0.05, 0.1) is 13.2 Å². The van der Waals surface area contributed by atoms with Gasteiger partial charge in [0.2, 0.25) is 5.95 Å². The summed E-state index contributed by atoms with van der Waals surface area (Å²) in [4.78, 5) is 14.5. The summed E-state index contributed by atoms with van der Waals surface area (Å²) in [5.74, 6) is 1.62. The van der Waals surface area contributed by atoms with Crippen molar-refractivity contribution in [2.45, 2.75) is 64.2 Å². The lowest BCUT2D eigenvalue weighted by atomic mass is 10.00. The monoisotopic (exact) mass is 346 g/mol. The third-order valence-electron chi connectivity index (χ3n) is 5.84. The Bertz CT molecular complexity index is 593. The molecular weight excluding hydrogens is 316 g/mol. The van der Waals surface area contributed by atoms with Gasteiger partial charge < -0.3 is 19.3 Å². The molecule has 0 aromatic carbocycles. The Balaban J connectivity index is 1.52. The maximum Gasteiger partial charge on any atom is 0.227 e. The second kappa shape index (κ2) is 7.08. The molecule has 0 bridgehead atoms. The number of hydrogen-bond acceptors (Lipinski definition) is 6. The van der Waals surface area contributed by atoms with Gasteiger partial charge in [-0.15, -0.1) is 0 Å². The van der Waals surface area contributed by atoms with E-state index in [2.05, 4.69) is 29.7 Å². The van der Waals surface area contributed by atoms with Crippen LogP contribution in [0, 0.1) is 6.92 Å². The van der Waals surface area contributed by atoms with Gasteiger partial charge in [-0.05, 0) is 32.6 Å². The molecular formula is C19H30N4O2. The summed E-state index contributed by atoms with van der Waals surface area (Å²) in [6, 6.07) is 2.76. The van der Waals surface area contributed by atoms with Crippen LogP contribution in [0.4, 0.5) is 11.8 Å². The van der Waals surface area contributed by atoms with Crippen molar-refractivity contribution in [3.63, 3.8) is 0 Å². The minimum Gasteiger partial charge on any atom is -0.353 e. The SMILES string of the molecule is CCC1CCCCN1c1cc(C)nc(N2CCC3(CC2)OCCO3)n1. The van der Waals surface area contributed by atoms with E-state index in [1.807, 2.05) is 0 Å². The molecule has 6 heteroatoms. The summed E-state index contributed by atoms with van der Waals surface area (Å²) in [6.45, 7) is 8.69. The van der Waals surface area contributed by atoms with Crippen molar-refractivity contribution in [2.75, 3.05) is 42.6 Å². The highest BCUT2D eigenvalue weighted by Gasteiger charge is 2.40. The first kappa shape index (κ1) is 17.0. The molecule has 3 aliphatic heterocycles. The topological polar surface area (TPSA) is 50.7 Å². The van der Waals surface area contributed by atoms with Crippen molar-refractivity contribution < 1.29 is 9.47 Å². The molecule has 3 fully saturated rings. The third kappa shape index (κ3) is 3.47. The molecule has 6 nitrogen and oxygen atoms in total. The molecule has 1 atom stereocenters. The molecule has 3 aliphatic rings. The molecule has 25 heavy (non-hydrogen) atoms. The Hall–Kier alpha value is -1.40. The van der Waals surface area contributed by atoms with Crippen LogP contribution in [0.1, 0.15) is 51.1 Å². The first-order valence-electron chi connectivity index (χ1n) is 9.84. The van der Waals surface area contributed by atoms with Crippen LogP contribution in [0.15, 0.2) is 6.07 Å². The molecule has 1 spiro atoms. The number of aryl methyl sites for hydroxylation is 1. The Kier molecular flexibility index (Phi) is 4.82. The number of nitrogens with zero attached hydrogens (tertiary/aromatic N) is 4. The third-order valence-corrected chi connectivity index (χ3v) is 5.84. The lowest BCUT2D eigenvalue weighted by molar-refractivity contribution is -0.169. The van der Waals surface area contributed by atoms with Crippen LogP contribution in [-0.2, 0) is 9.47 Å². The lowest BCUT2D eigenvalue weighted by Gasteiger charge is -2.39. The minimum atomic E-state index is -0.344. The first-order chi connectivity index (χ1) is 12.2. The molecule has 4 heterocycles. The van der Waals surface area contributed by atoms with Crippen LogP contribution in [0.2, 0.25) is 0 Å². The van der Waals surface area contributed by atoms with Crippen molar-refractivity contribution in [2.24, 2.45) is 0 Å². The smallest absolute Gasteiger partial charge is 0.227 e. The van der Waals surface area contributed by atoms with E-state index in [1.54, 1.807) is 0 Å². The molecule has 0 amide bonds. The molecule has 4 rings (SSSR count). The molecule has 0 saturated carbocycles. The Labute approximate surface area is 150 Å². The van der Waals surface area contributed by atoms with E-state index in [0.29, 0.717) is 6.04 Å². The maximum atomic E-state index is 5.84. The van der Waals surface area contributed by atoms with Crippen LogP contribution in [-0.4, -0.2) is 54.6 Å². The van der Waals surface area contributed by atoms with E-state index in [9.17, 15) is 0 Å². The van der Waals surface area contributed by atoms with Crippen LogP contribution < -0.4 is 9.80 Å². The summed E-state index contributed by atoms with van der Waals surface area (Å²) in [7, 11) is 0. The predicted molar refractivity (Wildman–Crippen MR) is 98.1 cm³/mol. The molecule has 138 valence electrons. The van der Waals surface area contributed by atoms with Crippen molar-refractivity contribution >= 4 is 11.8 Å². The van der Waals surface area contributed by atoms with Gasteiger partial charge in [-0.1, -0.05) is 6.92 Å². The molecule has 0 N–H and O–H groups in total. The van der Waals surface area contributed by atoms with E-state index >= 15 is 0 Å². The van der Waals surface area contributed by atoms with Crippen LogP contribution in [0.5, 0.6) is 0 Å². The molecule has 1 aromatic heterocycles. The van der Waals surface area contributed by atoms with Gasteiger partial charge in [0.15, 0.2) is 5.79 Å². The van der Waals surface area contributed by atoms with Gasteiger partial charge >= 0.3 is 0 Å². The fourth-order valence-corrected chi connectivity index (χ4v) is 4.38. The van der Waals surface area contributed by atoms with Gasteiger partial charge in [0, 0.05) is 50.3 Å². The molecule has 1 unspecified atom stereocenters. The van der Waals surface area contributed by atoms with Crippen molar-refractivity contribution in [3.05, 3.63) is 11.8 Å². The summed E-state index contributed by atoms with van der Waals surface area (Å²) in [5, 5.41) is 0. The Morgan fingerprint density at radius 1 is 1.12 bits per heavy atom. The van der Waals surface area contributed by atoms with Gasteiger partial charge in [-0.3, -0.25) is 0 Å². The quantitative estimate of drug-likeness (QED) is 0.839. The van der Waals surface area contributed by atoms with Gasteiger partial charge in [0.25, 0.3) is 0 Å². The second-order valence-electron chi connectivity index (χ2n) is 7.51. The van der Waals surface area contributed by atoms with Gasteiger partial charge in [0.1, 0.15) is 5.82 Å². The summed E-state index contributed by atoms with van der Waals surface area (Å²) < 4.78 is 11.7. The van der Waals surface area contributed by atoms with E-state index in [0.717, 1.165) is 63.1 Å². The Morgan fingerprint density at radius 2 is 1.88 bits per heavy atom. The van der Waals surface area contributed by atoms with Gasteiger partial charge in [-0.2, -0.15) is 4.98 Å². The average molecular weight is 346 g/mol. The number of ether oxygens (including phenoxy) is 2. The first-order valence-corrected chi connectivity index (χ1v) is 9.84. The number of piperidine rings is 2. The van der Waals surface area contributed by atoms with Crippen LogP contribution in [0.25, 0.3) is 0 Å². The van der Waals surface area contributed by atoms with Crippen LogP contribution >= 0.6 is 0 Å². The normalized spacial score (nSPS) is 26.4. The highest BCUT2D eigenvalue weighted by Crippen LogP contribution is 2.33. The summed E-state index contributed by atoms with van der Waals surface area (Å²) in [5.41, 5.74) is 1.05. The van der Waals surface area contributed by atoms with E-state index in [-0.39, 0.29) is 5.79 Å². The second-order valence-corrected chi connectivity index (χ2v) is 7.51. The summed E-state index contributed by atoms with van der Waals surface area (Å²) >= 11 is 0. The zero-order valence-corrected chi connectivity index (χ0v) is 15.5. The van der Waals surface area contributed by atoms with Gasteiger partial charge in [-0.25, -0.2) is 4.98 Å². The van der Waals surface area contributed by atoms with Crippen molar-refractivity contribution in [1.82, 2.24) is 9.97 Å². The highest BCUT2D eigenvalue weighted by molar-refractivity contribution is 5.47. The van der Waals surface area contributed by atoms with E-state index < -0.39 is 0 Å². The Morgan fingerprint density at radius 3 is 2.60 bits per heavy atom. The van der Waals surface area contributed by atoms with E-state index in [1.165, 1.54) is 25.7 Å². The van der Waals surface area contributed by atoms with Crippen LogP contribution in [0.3, 0.4) is 0 Å². The molecule has 1 aromatic rings.